The van der Waals surface area contributed by atoms with E-state index in [1.54, 1.807) is 12.1 Å². The summed E-state index contributed by atoms with van der Waals surface area (Å²) in [6, 6.07) is 8.43. The van der Waals surface area contributed by atoms with E-state index in [-0.39, 0.29) is 5.02 Å². The van der Waals surface area contributed by atoms with Crippen LogP contribution in [0.3, 0.4) is 0 Å². The van der Waals surface area contributed by atoms with Crippen LogP contribution in [0.1, 0.15) is 19.1 Å². The number of furan rings is 1. The van der Waals surface area contributed by atoms with Crippen LogP contribution in [0.4, 0.5) is 4.39 Å². The molecular formula is C14H16ClFNO+. The summed E-state index contributed by atoms with van der Waals surface area (Å²) in [7, 11) is 0. The van der Waals surface area contributed by atoms with Gasteiger partial charge in [-0.3, -0.25) is 0 Å². The molecule has 0 atom stereocenters. The van der Waals surface area contributed by atoms with Crippen LogP contribution in [0.15, 0.2) is 34.7 Å². The van der Waals surface area contributed by atoms with E-state index in [0.29, 0.717) is 0 Å². The smallest absolute Gasteiger partial charge is 0.158 e. The molecule has 1 aromatic carbocycles. The lowest BCUT2D eigenvalue weighted by molar-refractivity contribution is -0.672. The van der Waals surface area contributed by atoms with E-state index < -0.39 is 5.82 Å². The Morgan fingerprint density at radius 3 is 2.83 bits per heavy atom. The zero-order chi connectivity index (χ0) is 13.0. The Bertz CT molecular complexity index is 524. The lowest BCUT2D eigenvalue weighted by Crippen LogP contribution is -2.82. The van der Waals surface area contributed by atoms with E-state index >= 15 is 0 Å². The van der Waals surface area contributed by atoms with Gasteiger partial charge in [0, 0.05) is 5.56 Å². The molecule has 0 saturated carbocycles. The molecule has 0 aliphatic heterocycles. The van der Waals surface area contributed by atoms with E-state index in [4.69, 9.17) is 16.0 Å². The number of benzene rings is 1. The molecule has 2 aromatic rings. The second kappa shape index (κ2) is 6.03. The van der Waals surface area contributed by atoms with Crippen LogP contribution >= 0.6 is 11.6 Å². The average Bonchev–Trinajstić information content (AvgIpc) is 2.82. The van der Waals surface area contributed by atoms with Gasteiger partial charge < -0.3 is 9.73 Å². The van der Waals surface area contributed by atoms with Gasteiger partial charge in [0.2, 0.25) is 0 Å². The van der Waals surface area contributed by atoms with Gasteiger partial charge in [0.1, 0.15) is 18.1 Å². The Morgan fingerprint density at radius 2 is 2.11 bits per heavy atom. The fourth-order valence-corrected chi connectivity index (χ4v) is 1.92. The molecule has 4 heteroatoms. The van der Waals surface area contributed by atoms with Crippen LogP contribution in [0.25, 0.3) is 11.3 Å². The van der Waals surface area contributed by atoms with Gasteiger partial charge in [-0.05, 0) is 36.8 Å². The van der Waals surface area contributed by atoms with E-state index in [9.17, 15) is 4.39 Å². The third-order valence-electron chi connectivity index (χ3n) is 2.70. The number of rotatable bonds is 5. The van der Waals surface area contributed by atoms with E-state index in [1.165, 1.54) is 6.07 Å². The molecule has 96 valence electrons. The van der Waals surface area contributed by atoms with E-state index in [1.807, 2.05) is 12.1 Å². The van der Waals surface area contributed by atoms with Gasteiger partial charge in [0.25, 0.3) is 0 Å². The Hall–Kier alpha value is -1.32. The lowest BCUT2D eigenvalue weighted by atomic mass is 10.2. The summed E-state index contributed by atoms with van der Waals surface area (Å²) < 4.78 is 18.8. The van der Waals surface area contributed by atoms with Crippen LogP contribution in [0.2, 0.25) is 5.02 Å². The van der Waals surface area contributed by atoms with Gasteiger partial charge >= 0.3 is 0 Å². The van der Waals surface area contributed by atoms with Crippen LogP contribution in [-0.2, 0) is 6.54 Å². The Kier molecular flexibility index (Phi) is 4.39. The van der Waals surface area contributed by atoms with E-state index in [0.717, 1.165) is 36.6 Å². The molecular weight excluding hydrogens is 253 g/mol. The molecule has 0 aliphatic rings. The lowest BCUT2D eigenvalue weighted by Gasteiger charge is -1.99. The van der Waals surface area contributed by atoms with Gasteiger partial charge in [-0.15, -0.1) is 0 Å². The minimum Gasteiger partial charge on any atom is -0.455 e. The molecule has 0 radical (unpaired) electrons. The number of halogens is 2. The topological polar surface area (TPSA) is 29.8 Å². The molecule has 1 aromatic heterocycles. The van der Waals surface area contributed by atoms with Crippen molar-refractivity contribution in [2.45, 2.75) is 19.9 Å². The SMILES string of the molecule is CCC[NH2+]Cc1ccc(-c2ccc(F)c(Cl)c2)o1. The Balaban J connectivity index is 2.11. The van der Waals surface area contributed by atoms with Gasteiger partial charge in [-0.25, -0.2) is 4.39 Å². The zero-order valence-corrected chi connectivity index (χ0v) is 11.0. The molecule has 0 spiro atoms. The van der Waals surface area contributed by atoms with Gasteiger partial charge in [0.15, 0.2) is 5.76 Å². The largest absolute Gasteiger partial charge is 0.455 e. The molecule has 0 aliphatic carbocycles. The number of nitrogens with two attached hydrogens (primary N) is 1. The zero-order valence-electron chi connectivity index (χ0n) is 10.2. The van der Waals surface area contributed by atoms with Gasteiger partial charge in [0.05, 0.1) is 11.6 Å². The van der Waals surface area contributed by atoms with Crippen molar-refractivity contribution in [2.24, 2.45) is 0 Å². The van der Waals surface area contributed by atoms with Crippen LogP contribution in [0.5, 0.6) is 0 Å². The highest BCUT2D eigenvalue weighted by Crippen LogP contribution is 2.26. The third kappa shape index (κ3) is 3.12. The molecule has 2 nitrogen and oxygen atoms in total. The minimum atomic E-state index is -0.413. The maximum atomic E-state index is 13.1. The fraction of sp³-hybridized carbons (Fsp3) is 0.286. The first-order chi connectivity index (χ1) is 8.70. The van der Waals surface area contributed by atoms with E-state index in [2.05, 4.69) is 12.2 Å². The summed E-state index contributed by atoms with van der Waals surface area (Å²) in [5.74, 6) is 1.22. The normalized spacial score (nSPS) is 10.8. The Morgan fingerprint density at radius 1 is 1.28 bits per heavy atom. The first kappa shape index (κ1) is 13.1. The summed E-state index contributed by atoms with van der Waals surface area (Å²) in [5.41, 5.74) is 0.795. The summed E-state index contributed by atoms with van der Waals surface area (Å²) >= 11 is 5.75. The minimum absolute atomic E-state index is 0.114. The van der Waals surface area contributed by atoms with Crippen LogP contribution in [0, 0.1) is 5.82 Å². The van der Waals surface area contributed by atoms with Crippen molar-refractivity contribution in [2.75, 3.05) is 6.54 Å². The third-order valence-corrected chi connectivity index (χ3v) is 2.99. The highest BCUT2D eigenvalue weighted by atomic mass is 35.5. The van der Waals surface area contributed by atoms with Crippen molar-refractivity contribution in [3.8, 4) is 11.3 Å². The first-order valence-corrected chi connectivity index (χ1v) is 6.44. The molecule has 0 bridgehead atoms. The molecule has 18 heavy (non-hydrogen) atoms. The Labute approximate surface area is 111 Å². The summed E-state index contributed by atoms with van der Waals surface area (Å²) in [5, 5.41) is 2.31. The highest BCUT2D eigenvalue weighted by molar-refractivity contribution is 6.31. The highest BCUT2D eigenvalue weighted by Gasteiger charge is 2.08. The second-order valence-electron chi connectivity index (χ2n) is 4.18. The van der Waals surface area contributed by atoms with Crippen molar-refractivity contribution in [3.05, 3.63) is 46.9 Å². The van der Waals surface area contributed by atoms with Gasteiger partial charge in [-0.1, -0.05) is 18.5 Å². The van der Waals surface area contributed by atoms with Gasteiger partial charge in [-0.2, -0.15) is 0 Å². The summed E-state index contributed by atoms with van der Waals surface area (Å²) in [6.45, 7) is 4.05. The maximum absolute atomic E-state index is 13.1. The number of hydrogen-bond acceptors (Lipinski definition) is 1. The van der Waals surface area contributed by atoms with Crippen LogP contribution in [-0.4, -0.2) is 6.54 Å². The molecule has 1 heterocycles. The molecule has 0 unspecified atom stereocenters. The predicted octanol–water partition coefficient (Wildman–Crippen LogP) is 3.21. The van der Waals surface area contributed by atoms with Crippen molar-refractivity contribution in [1.29, 1.82) is 0 Å². The molecule has 0 amide bonds. The average molecular weight is 269 g/mol. The van der Waals surface area contributed by atoms with Crippen molar-refractivity contribution in [3.63, 3.8) is 0 Å². The predicted molar refractivity (Wildman–Crippen MR) is 69.9 cm³/mol. The van der Waals surface area contributed by atoms with Crippen molar-refractivity contribution < 1.29 is 14.1 Å². The van der Waals surface area contributed by atoms with Crippen molar-refractivity contribution >= 4 is 11.6 Å². The van der Waals surface area contributed by atoms with Crippen molar-refractivity contribution in [1.82, 2.24) is 0 Å². The fourth-order valence-electron chi connectivity index (χ4n) is 1.74. The first-order valence-electron chi connectivity index (χ1n) is 6.06. The summed E-state index contributed by atoms with van der Waals surface area (Å²) in [6.07, 6.45) is 1.14. The molecule has 0 fully saturated rings. The molecule has 2 rings (SSSR count). The number of quaternary nitrogens is 1. The number of hydrogen-bond donors (Lipinski definition) is 1. The van der Waals surface area contributed by atoms with Crippen LogP contribution < -0.4 is 5.32 Å². The monoisotopic (exact) mass is 268 g/mol. The molecule has 0 saturated heterocycles. The quantitative estimate of drug-likeness (QED) is 0.829. The summed E-state index contributed by atoms with van der Waals surface area (Å²) in [4.78, 5) is 0. The standard InChI is InChI=1S/C14H15ClFNO/c1-2-7-17-9-11-4-6-14(18-11)10-3-5-13(16)12(15)8-10/h3-6,8,17H,2,7,9H2,1H3/p+1. The second-order valence-corrected chi connectivity index (χ2v) is 4.58. The molecule has 2 N–H and O–H groups in total. The maximum Gasteiger partial charge on any atom is 0.158 e.